The lowest BCUT2D eigenvalue weighted by atomic mass is 9.54. The summed E-state index contributed by atoms with van der Waals surface area (Å²) in [6.45, 7) is 1.79. The maximum Gasteiger partial charge on any atom is 0.166 e. The average molecular weight is 294 g/mol. The molecule has 4 aliphatic carbocycles. The van der Waals surface area contributed by atoms with E-state index < -0.39 is 0 Å². The minimum Gasteiger partial charge on any atom is -0.376 e. The number of ether oxygens (including phenoxy) is 1. The van der Waals surface area contributed by atoms with Gasteiger partial charge >= 0.3 is 0 Å². The monoisotopic (exact) mass is 294 g/mol. The molecule has 0 aromatic rings. The minimum atomic E-state index is 0.369. The van der Waals surface area contributed by atoms with Gasteiger partial charge in [0.15, 0.2) is 5.11 Å². The Morgan fingerprint density at radius 2 is 1.75 bits per heavy atom. The third kappa shape index (κ3) is 2.57. The summed E-state index contributed by atoms with van der Waals surface area (Å²) in [5.41, 5.74) is 0. The van der Waals surface area contributed by atoms with Crippen LogP contribution in [0.15, 0.2) is 0 Å². The van der Waals surface area contributed by atoms with Gasteiger partial charge in [-0.1, -0.05) is 0 Å². The molecule has 5 rings (SSSR count). The maximum atomic E-state index is 5.64. The first kappa shape index (κ1) is 13.3. The van der Waals surface area contributed by atoms with Crippen molar-refractivity contribution in [2.75, 3.05) is 13.2 Å². The van der Waals surface area contributed by atoms with E-state index in [2.05, 4.69) is 10.6 Å². The van der Waals surface area contributed by atoms with Gasteiger partial charge in [0.05, 0.1) is 6.10 Å². The number of thiocarbonyl (C=S) groups is 1. The van der Waals surface area contributed by atoms with E-state index in [1.54, 1.807) is 0 Å². The highest BCUT2D eigenvalue weighted by molar-refractivity contribution is 7.80. The zero-order valence-electron chi connectivity index (χ0n) is 12.1. The van der Waals surface area contributed by atoms with Gasteiger partial charge in [-0.25, -0.2) is 0 Å². The van der Waals surface area contributed by atoms with Crippen molar-refractivity contribution < 1.29 is 4.74 Å². The van der Waals surface area contributed by atoms with E-state index >= 15 is 0 Å². The molecule has 0 aromatic heterocycles. The molecule has 5 fully saturated rings. The molecular weight excluding hydrogens is 268 g/mol. The van der Waals surface area contributed by atoms with Crippen LogP contribution in [0.4, 0.5) is 0 Å². The van der Waals surface area contributed by atoms with E-state index in [-0.39, 0.29) is 0 Å². The van der Waals surface area contributed by atoms with Crippen molar-refractivity contribution in [2.45, 2.75) is 57.1 Å². The number of hydrogen-bond donors (Lipinski definition) is 2. The van der Waals surface area contributed by atoms with Crippen molar-refractivity contribution in [3.05, 3.63) is 0 Å². The number of nitrogens with one attached hydrogen (secondary N) is 2. The molecule has 1 saturated heterocycles. The Hall–Kier alpha value is -0.350. The van der Waals surface area contributed by atoms with Crippen LogP contribution in [-0.2, 0) is 4.74 Å². The van der Waals surface area contributed by atoms with Gasteiger partial charge in [0.1, 0.15) is 0 Å². The zero-order valence-corrected chi connectivity index (χ0v) is 13.0. The fraction of sp³-hybridized carbons (Fsp3) is 0.938. The van der Waals surface area contributed by atoms with Gasteiger partial charge < -0.3 is 15.4 Å². The molecule has 4 heteroatoms. The van der Waals surface area contributed by atoms with Crippen LogP contribution in [0.1, 0.15) is 44.9 Å². The molecule has 0 amide bonds. The Labute approximate surface area is 127 Å². The second kappa shape index (κ2) is 5.45. The lowest BCUT2D eigenvalue weighted by Gasteiger charge is -2.54. The Kier molecular flexibility index (Phi) is 3.63. The number of rotatable bonds is 3. The van der Waals surface area contributed by atoms with Crippen LogP contribution in [0.25, 0.3) is 0 Å². The molecule has 2 N–H and O–H groups in total. The normalized spacial score (nSPS) is 45.6. The molecule has 20 heavy (non-hydrogen) atoms. The van der Waals surface area contributed by atoms with Crippen molar-refractivity contribution in [2.24, 2.45) is 23.7 Å². The molecule has 1 aliphatic heterocycles. The molecule has 112 valence electrons. The predicted molar refractivity (Wildman–Crippen MR) is 83.5 cm³/mol. The predicted octanol–water partition coefficient (Wildman–Crippen LogP) is 2.45. The van der Waals surface area contributed by atoms with Crippen molar-refractivity contribution in [1.82, 2.24) is 10.6 Å². The summed E-state index contributed by atoms with van der Waals surface area (Å²) < 4.78 is 5.64. The lowest BCUT2D eigenvalue weighted by molar-refractivity contribution is -0.00700. The largest absolute Gasteiger partial charge is 0.376 e. The molecule has 4 bridgehead atoms. The van der Waals surface area contributed by atoms with Crippen LogP contribution < -0.4 is 10.6 Å². The van der Waals surface area contributed by atoms with Gasteiger partial charge in [0.25, 0.3) is 0 Å². The molecule has 1 atom stereocenters. The second-order valence-electron chi connectivity index (χ2n) is 7.45. The molecule has 0 aromatic carbocycles. The third-order valence-corrected chi connectivity index (χ3v) is 6.30. The van der Waals surface area contributed by atoms with Crippen molar-refractivity contribution >= 4 is 17.3 Å². The summed E-state index contributed by atoms with van der Waals surface area (Å²) in [4.78, 5) is 0. The minimum absolute atomic E-state index is 0.369. The lowest BCUT2D eigenvalue weighted by Crippen LogP contribution is -2.57. The van der Waals surface area contributed by atoms with Crippen LogP contribution in [0.2, 0.25) is 0 Å². The molecule has 0 radical (unpaired) electrons. The molecule has 3 nitrogen and oxygen atoms in total. The van der Waals surface area contributed by atoms with Crippen molar-refractivity contribution in [1.29, 1.82) is 0 Å². The van der Waals surface area contributed by atoms with E-state index in [0.29, 0.717) is 12.1 Å². The first-order chi connectivity index (χ1) is 9.78. The highest BCUT2D eigenvalue weighted by Crippen LogP contribution is 2.53. The smallest absolute Gasteiger partial charge is 0.166 e. The highest BCUT2D eigenvalue weighted by atomic mass is 32.1. The summed E-state index contributed by atoms with van der Waals surface area (Å²) in [6, 6.07) is 0.646. The van der Waals surface area contributed by atoms with Gasteiger partial charge in [0.2, 0.25) is 0 Å². The summed E-state index contributed by atoms with van der Waals surface area (Å²) >= 11 is 5.51. The summed E-state index contributed by atoms with van der Waals surface area (Å²) in [5, 5.41) is 7.89. The topological polar surface area (TPSA) is 33.3 Å². The summed E-state index contributed by atoms with van der Waals surface area (Å²) in [7, 11) is 0. The van der Waals surface area contributed by atoms with Crippen LogP contribution in [0, 0.1) is 23.7 Å². The summed E-state index contributed by atoms with van der Waals surface area (Å²) in [5.74, 6) is 3.83. The SMILES string of the molecule is S=C(NC[C@H]1CCCO1)NC1C2CC3CC(C2)CC1C3. The Morgan fingerprint density at radius 3 is 2.35 bits per heavy atom. The van der Waals surface area contributed by atoms with Crippen LogP contribution in [0.5, 0.6) is 0 Å². The molecule has 4 saturated carbocycles. The zero-order chi connectivity index (χ0) is 13.5. The van der Waals surface area contributed by atoms with Gasteiger partial charge in [-0.05, 0) is 80.8 Å². The van der Waals surface area contributed by atoms with Gasteiger partial charge in [-0.3, -0.25) is 0 Å². The van der Waals surface area contributed by atoms with Crippen LogP contribution in [0.3, 0.4) is 0 Å². The van der Waals surface area contributed by atoms with Crippen molar-refractivity contribution in [3.8, 4) is 0 Å². The van der Waals surface area contributed by atoms with Gasteiger partial charge in [-0.2, -0.15) is 0 Å². The fourth-order valence-electron chi connectivity index (χ4n) is 5.38. The first-order valence-corrected chi connectivity index (χ1v) is 8.84. The molecule has 0 spiro atoms. The highest BCUT2D eigenvalue weighted by Gasteiger charge is 2.48. The molecule has 1 heterocycles. The van der Waals surface area contributed by atoms with Crippen LogP contribution >= 0.6 is 12.2 Å². The Balaban J connectivity index is 1.29. The van der Waals surface area contributed by atoms with Crippen molar-refractivity contribution in [3.63, 3.8) is 0 Å². The van der Waals surface area contributed by atoms with E-state index in [4.69, 9.17) is 17.0 Å². The van der Waals surface area contributed by atoms with Crippen LogP contribution in [-0.4, -0.2) is 30.4 Å². The molecular formula is C16H26N2OS. The maximum absolute atomic E-state index is 5.64. The summed E-state index contributed by atoms with van der Waals surface area (Å²) in [6.07, 6.45) is 10.0. The van der Waals surface area contributed by atoms with Gasteiger partial charge in [-0.15, -0.1) is 0 Å². The average Bonchev–Trinajstić information content (AvgIpc) is 2.93. The second-order valence-corrected chi connectivity index (χ2v) is 7.85. The Morgan fingerprint density at radius 1 is 1.05 bits per heavy atom. The molecule has 0 unspecified atom stereocenters. The quantitative estimate of drug-likeness (QED) is 0.784. The van der Waals surface area contributed by atoms with E-state index in [1.807, 2.05) is 0 Å². The first-order valence-electron chi connectivity index (χ1n) is 8.44. The Bertz CT molecular complexity index is 353. The van der Waals surface area contributed by atoms with E-state index in [0.717, 1.165) is 41.9 Å². The number of hydrogen-bond acceptors (Lipinski definition) is 2. The van der Waals surface area contributed by atoms with E-state index in [1.165, 1.54) is 44.9 Å². The third-order valence-electron chi connectivity index (χ3n) is 6.04. The standard InChI is InChI=1S/C16H26N2OS/c20-16(17-9-14-2-1-3-19-14)18-15-12-5-10-4-11(7-12)8-13(15)6-10/h10-15H,1-9H2,(H2,17,18,20)/t10?,11?,12?,13?,14-,15?/m1/s1. The van der Waals surface area contributed by atoms with E-state index in [9.17, 15) is 0 Å². The fourth-order valence-corrected chi connectivity index (χ4v) is 5.59. The molecule has 5 aliphatic rings. The van der Waals surface area contributed by atoms with Gasteiger partial charge in [0, 0.05) is 19.2 Å².